The summed E-state index contributed by atoms with van der Waals surface area (Å²) < 4.78 is 0. The molecule has 19 heavy (non-hydrogen) atoms. The molecular formula is C13H13N5O. The van der Waals surface area contributed by atoms with E-state index in [1.54, 1.807) is 19.3 Å². The van der Waals surface area contributed by atoms with E-state index in [1.165, 1.54) is 0 Å². The molecule has 2 N–H and O–H groups in total. The van der Waals surface area contributed by atoms with Crippen molar-refractivity contribution < 1.29 is 4.79 Å². The van der Waals surface area contributed by atoms with Crippen molar-refractivity contribution in [2.75, 3.05) is 29.1 Å². The van der Waals surface area contributed by atoms with Gasteiger partial charge in [0.15, 0.2) is 0 Å². The van der Waals surface area contributed by atoms with Crippen molar-refractivity contribution in [2.45, 2.75) is 0 Å². The lowest BCUT2D eigenvalue weighted by atomic mass is 10.2. The minimum absolute atomic E-state index is 0.0525. The molecule has 0 radical (unpaired) electrons. The van der Waals surface area contributed by atoms with E-state index in [1.807, 2.05) is 29.2 Å². The summed E-state index contributed by atoms with van der Waals surface area (Å²) in [6, 6.07) is 9.44. The van der Waals surface area contributed by atoms with Gasteiger partial charge in [-0.1, -0.05) is 12.1 Å². The number of fused-ring (bicyclic) bond motifs is 1. The van der Waals surface area contributed by atoms with E-state index in [0.29, 0.717) is 11.8 Å². The first-order valence-corrected chi connectivity index (χ1v) is 5.95. The van der Waals surface area contributed by atoms with Crippen LogP contribution in [-0.4, -0.2) is 29.5 Å². The third-order valence-electron chi connectivity index (χ3n) is 2.91. The number of hydrogen-bond donors (Lipinski definition) is 2. The highest BCUT2D eigenvalue weighted by Gasteiger charge is 2.23. The van der Waals surface area contributed by atoms with Gasteiger partial charge in [0.2, 0.25) is 11.9 Å². The number of carbonyl (C=O) groups is 1. The molecule has 3 rings (SSSR count). The van der Waals surface area contributed by atoms with Crippen molar-refractivity contribution in [1.29, 1.82) is 0 Å². The van der Waals surface area contributed by atoms with Gasteiger partial charge in [0.05, 0.1) is 11.4 Å². The predicted molar refractivity (Wildman–Crippen MR) is 73.7 cm³/mol. The van der Waals surface area contributed by atoms with Crippen LogP contribution < -0.4 is 15.5 Å². The molecule has 96 valence electrons. The van der Waals surface area contributed by atoms with Gasteiger partial charge in [0.1, 0.15) is 12.4 Å². The van der Waals surface area contributed by atoms with E-state index in [4.69, 9.17) is 0 Å². The third-order valence-corrected chi connectivity index (χ3v) is 2.91. The quantitative estimate of drug-likeness (QED) is 0.853. The lowest BCUT2D eigenvalue weighted by Crippen LogP contribution is -2.35. The molecule has 1 aliphatic heterocycles. The standard InChI is InChI=1S/C13H13N5O/c1-14-13-15-7-6-11(17-13)18-8-12(19)16-9-4-2-3-5-10(9)18/h2-7H,8H2,1H3,(H,16,19)(H,14,15,17). The smallest absolute Gasteiger partial charge is 0.244 e. The molecule has 2 heterocycles. The monoisotopic (exact) mass is 255 g/mol. The molecule has 0 bridgehead atoms. The topological polar surface area (TPSA) is 70.2 Å². The summed E-state index contributed by atoms with van der Waals surface area (Å²) in [7, 11) is 1.76. The number of amides is 1. The SMILES string of the molecule is CNc1nccc(N2CC(=O)Nc3ccccc32)n1. The number of hydrogen-bond acceptors (Lipinski definition) is 5. The lowest BCUT2D eigenvalue weighted by Gasteiger charge is -2.29. The number of para-hydroxylation sites is 2. The maximum absolute atomic E-state index is 11.8. The summed E-state index contributed by atoms with van der Waals surface area (Å²) >= 11 is 0. The van der Waals surface area contributed by atoms with Crippen LogP contribution in [0.5, 0.6) is 0 Å². The van der Waals surface area contributed by atoms with Gasteiger partial charge >= 0.3 is 0 Å². The van der Waals surface area contributed by atoms with Gasteiger partial charge in [-0.2, -0.15) is 4.98 Å². The van der Waals surface area contributed by atoms with Crippen molar-refractivity contribution in [3.05, 3.63) is 36.5 Å². The molecule has 0 saturated heterocycles. The van der Waals surface area contributed by atoms with Gasteiger partial charge in [-0.25, -0.2) is 4.98 Å². The van der Waals surface area contributed by atoms with Gasteiger partial charge < -0.3 is 15.5 Å². The number of anilines is 4. The summed E-state index contributed by atoms with van der Waals surface area (Å²) in [5, 5.41) is 5.74. The number of nitrogens with one attached hydrogen (secondary N) is 2. The average molecular weight is 255 g/mol. The Labute approximate surface area is 110 Å². The molecule has 0 spiro atoms. The van der Waals surface area contributed by atoms with Crippen LogP contribution in [0, 0.1) is 0 Å². The minimum atomic E-state index is -0.0525. The first-order valence-electron chi connectivity index (χ1n) is 5.95. The van der Waals surface area contributed by atoms with E-state index >= 15 is 0 Å². The summed E-state index contributed by atoms with van der Waals surface area (Å²) in [5.74, 6) is 1.17. The number of rotatable bonds is 2. The van der Waals surface area contributed by atoms with Crippen molar-refractivity contribution in [3.63, 3.8) is 0 Å². The van der Waals surface area contributed by atoms with Crippen LogP contribution in [0.1, 0.15) is 0 Å². The highest BCUT2D eigenvalue weighted by Crippen LogP contribution is 2.33. The Balaban J connectivity index is 2.07. The molecule has 2 aromatic rings. The molecular weight excluding hydrogens is 242 g/mol. The van der Waals surface area contributed by atoms with E-state index < -0.39 is 0 Å². The van der Waals surface area contributed by atoms with Crippen LogP contribution in [0.3, 0.4) is 0 Å². The fourth-order valence-electron chi connectivity index (χ4n) is 2.06. The first-order chi connectivity index (χ1) is 9.28. The first kappa shape index (κ1) is 11.5. The maximum atomic E-state index is 11.8. The molecule has 1 aromatic carbocycles. The van der Waals surface area contributed by atoms with Gasteiger partial charge in [0.25, 0.3) is 0 Å². The van der Waals surface area contributed by atoms with Crippen LogP contribution in [0.15, 0.2) is 36.5 Å². The fraction of sp³-hybridized carbons (Fsp3) is 0.154. The third kappa shape index (κ3) is 2.08. The molecule has 1 aromatic heterocycles. The van der Waals surface area contributed by atoms with Crippen LogP contribution >= 0.6 is 0 Å². The zero-order chi connectivity index (χ0) is 13.2. The molecule has 6 nitrogen and oxygen atoms in total. The molecule has 0 aliphatic carbocycles. The Morgan fingerprint density at radius 3 is 3.00 bits per heavy atom. The molecule has 1 aliphatic rings. The zero-order valence-corrected chi connectivity index (χ0v) is 10.4. The maximum Gasteiger partial charge on any atom is 0.244 e. The van der Waals surface area contributed by atoms with Crippen LogP contribution in [0.25, 0.3) is 0 Å². The highest BCUT2D eigenvalue weighted by atomic mass is 16.2. The average Bonchev–Trinajstić information content (AvgIpc) is 2.46. The van der Waals surface area contributed by atoms with Crippen molar-refractivity contribution in [3.8, 4) is 0 Å². The van der Waals surface area contributed by atoms with Crippen LogP contribution in [0.2, 0.25) is 0 Å². The van der Waals surface area contributed by atoms with Crippen LogP contribution in [-0.2, 0) is 4.79 Å². The van der Waals surface area contributed by atoms with E-state index in [9.17, 15) is 4.79 Å². The Bertz CT molecular complexity index is 628. The summed E-state index contributed by atoms with van der Waals surface area (Å²) in [5.41, 5.74) is 1.73. The Kier molecular flexibility index (Phi) is 2.75. The second-order valence-electron chi connectivity index (χ2n) is 4.14. The Morgan fingerprint density at radius 1 is 1.32 bits per heavy atom. The summed E-state index contributed by atoms with van der Waals surface area (Å²) in [6.45, 7) is 0.247. The zero-order valence-electron chi connectivity index (χ0n) is 10.4. The van der Waals surface area contributed by atoms with Crippen LogP contribution in [0.4, 0.5) is 23.1 Å². The Morgan fingerprint density at radius 2 is 2.16 bits per heavy atom. The largest absolute Gasteiger partial charge is 0.357 e. The number of carbonyl (C=O) groups excluding carboxylic acids is 1. The summed E-state index contributed by atoms with van der Waals surface area (Å²) in [4.78, 5) is 22.1. The molecule has 6 heteroatoms. The van der Waals surface area contributed by atoms with Crippen molar-refractivity contribution in [1.82, 2.24) is 9.97 Å². The van der Waals surface area contributed by atoms with E-state index in [0.717, 1.165) is 11.4 Å². The highest BCUT2D eigenvalue weighted by molar-refractivity contribution is 6.02. The fourth-order valence-corrected chi connectivity index (χ4v) is 2.06. The molecule has 0 saturated carbocycles. The van der Waals surface area contributed by atoms with Gasteiger partial charge in [0, 0.05) is 13.2 Å². The van der Waals surface area contributed by atoms with Crippen molar-refractivity contribution >= 4 is 29.0 Å². The second-order valence-corrected chi connectivity index (χ2v) is 4.14. The van der Waals surface area contributed by atoms with E-state index in [2.05, 4.69) is 20.6 Å². The number of benzene rings is 1. The Hall–Kier alpha value is -2.63. The van der Waals surface area contributed by atoms with Gasteiger partial charge in [-0.05, 0) is 18.2 Å². The van der Waals surface area contributed by atoms with Crippen molar-refractivity contribution in [2.24, 2.45) is 0 Å². The van der Waals surface area contributed by atoms with E-state index in [-0.39, 0.29) is 12.5 Å². The predicted octanol–water partition coefficient (Wildman–Crippen LogP) is 1.61. The number of aromatic nitrogens is 2. The summed E-state index contributed by atoms with van der Waals surface area (Å²) in [6.07, 6.45) is 1.67. The molecule has 0 fully saturated rings. The lowest BCUT2D eigenvalue weighted by molar-refractivity contribution is -0.115. The normalized spacial score (nSPS) is 13.7. The molecule has 0 atom stereocenters. The number of nitrogens with zero attached hydrogens (tertiary/aromatic N) is 3. The second kappa shape index (κ2) is 4.56. The van der Waals surface area contributed by atoms with Gasteiger partial charge in [-0.15, -0.1) is 0 Å². The minimum Gasteiger partial charge on any atom is -0.357 e. The molecule has 1 amide bonds. The van der Waals surface area contributed by atoms with Gasteiger partial charge in [-0.3, -0.25) is 4.79 Å². The molecule has 0 unspecified atom stereocenters.